The van der Waals surface area contributed by atoms with Crippen LogP contribution in [0.2, 0.25) is 0 Å². The van der Waals surface area contributed by atoms with Gasteiger partial charge in [-0.2, -0.15) is 0 Å². The predicted octanol–water partition coefficient (Wildman–Crippen LogP) is 1.81. The number of ether oxygens (including phenoxy) is 5. The maximum absolute atomic E-state index is 13.2. The molecule has 0 aromatic heterocycles. The minimum Gasteiger partial charge on any atom is -0.493 e. The smallest absolute Gasteiger partial charge is 0.348 e. The van der Waals surface area contributed by atoms with E-state index < -0.39 is 71.6 Å². The summed E-state index contributed by atoms with van der Waals surface area (Å²) < 4.78 is 28.0. The van der Waals surface area contributed by atoms with E-state index in [2.05, 4.69) is 12.2 Å². The van der Waals surface area contributed by atoms with Crippen molar-refractivity contribution < 1.29 is 57.9 Å². The van der Waals surface area contributed by atoms with E-state index in [4.69, 9.17) is 29.4 Å². The first-order chi connectivity index (χ1) is 22.8. The Labute approximate surface area is 278 Å². The van der Waals surface area contributed by atoms with Gasteiger partial charge in [0.25, 0.3) is 0 Å². The fourth-order valence-electron chi connectivity index (χ4n) is 8.00. The summed E-state index contributed by atoms with van der Waals surface area (Å²) in [5, 5.41) is 24.6. The molecule has 1 saturated carbocycles. The van der Waals surface area contributed by atoms with Crippen LogP contribution in [0, 0.1) is 11.8 Å². The highest BCUT2D eigenvalue weighted by atomic mass is 16.6. The summed E-state index contributed by atoms with van der Waals surface area (Å²) in [5.74, 6) is -3.87. The fourth-order valence-corrected chi connectivity index (χ4v) is 8.00. The molecule has 1 unspecified atom stereocenters. The number of hydrogen-bond acceptors (Lipinski definition) is 12. The Morgan fingerprint density at radius 3 is 2.56 bits per heavy atom. The maximum atomic E-state index is 13.2. The van der Waals surface area contributed by atoms with E-state index in [1.165, 1.54) is 21.0 Å². The van der Waals surface area contributed by atoms with Crippen LogP contribution in [0.4, 0.5) is 0 Å². The number of hydrogen-bond donors (Lipinski definition) is 4. The van der Waals surface area contributed by atoms with E-state index in [0.717, 1.165) is 17.5 Å². The van der Waals surface area contributed by atoms with E-state index in [0.29, 0.717) is 43.7 Å². The number of nitrogens with two attached hydrogens (primary N) is 1. The molecule has 1 aromatic rings. The second-order valence-corrected chi connectivity index (χ2v) is 13.2. The number of aliphatic hydroxyl groups is 1. The average molecular weight is 673 g/mol. The summed E-state index contributed by atoms with van der Waals surface area (Å²) >= 11 is 0. The first kappa shape index (κ1) is 35.1. The molecule has 0 saturated heterocycles. The molecule has 48 heavy (non-hydrogen) atoms. The Kier molecular flexibility index (Phi) is 10.1. The summed E-state index contributed by atoms with van der Waals surface area (Å²) in [7, 11) is 1.53. The summed E-state index contributed by atoms with van der Waals surface area (Å²) in [6.07, 6.45) is 0.0247. The van der Waals surface area contributed by atoms with Crippen LogP contribution in [-0.4, -0.2) is 83.6 Å². The number of carbonyl (C=O) groups is 5. The van der Waals surface area contributed by atoms with Crippen molar-refractivity contribution in [2.45, 2.75) is 108 Å². The normalized spacial score (nSPS) is 28.0. The van der Waals surface area contributed by atoms with Crippen molar-refractivity contribution in [1.82, 2.24) is 5.32 Å². The molecular formula is C34H44N2O12. The number of carboxylic acids is 1. The zero-order valence-electron chi connectivity index (χ0n) is 27.6. The topological polar surface area (TPSA) is 210 Å². The van der Waals surface area contributed by atoms with Crippen molar-refractivity contribution >= 4 is 29.8 Å². The van der Waals surface area contributed by atoms with Crippen molar-refractivity contribution in [3.8, 4) is 11.5 Å². The van der Waals surface area contributed by atoms with Crippen LogP contribution in [0.1, 0.15) is 76.8 Å². The van der Waals surface area contributed by atoms with Crippen LogP contribution in [0.3, 0.4) is 0 Å². The highest BCUT2D eigenvalue weighted by molar-refractivity contribution is 5.87. The number of benzene rings is 1. The summed E-state index contributed by atoms with van der Waals surface area (Å²) in [6, 6.07) is 2.78. The second kappa shape index (κ2) is 13.7. The van der Waals surface area contributed by atoms with Gasteiger partial charge < -0.3 is 44.9 Å². The Morgan fingerprint density at radius 2 is 1.90 bits per heavy atom. The molecule has 5 N–H and O–H groups in total. The van der Waals surface area contributed by atoms with Gasteiger partial charge >= 0.3 is 23.9 Å². The molecule has 1 amide bonds. The molecule has 4 aliphatic rings. The average Bonchev–Trinajstić information content (AvgIpc) is 3.39. The number of amides is 1. The number of unbranched alkanes of at least 4 members (excludes halogenated alkanes) is 1. The van der Waals surface area contributed by atoms with Gasteiger partial charge in [-0.15, -0.1) is 0 Å². The van der Waals surface area contributed by atoms with Gasteiger partial charge in [0.2, 0.25) is 12.0 Å². The standard InChI is InChI=1S/C34H44N2O12/c1-17-10-12-33-27-20-8-9-23(44-4)28(27)48-29(33)24(11-13-34(33,43)21(17)15-20)46-26(38)16-25(30(39)40)47-31(41)18(2)45-32(42)22(36-19(3)37)7-5-6-14-35/h8-9,11,17-18,21-22,25,29,43H,5-7,10,12-16,35H2,1-4H3,(H,36,37)(H,39,40)/t17?,18-,21-,22-,25-,29-,33-,34+/m0/s1. The number of nitrogens with one attached hydrogen (secondary N) is 1. The molecule has 1 aliphatic heterocycles. The number of rotatable bonds is 14. The van der Waals surface area contributed by atoms with Crippen LogP contribution in [-0.2, 0) is 50.0 Å². The SMILES string of the molecule is COc1ccc2c3c1O[C@H]1C(OC(=O)C[C@H](OC(=O)[C@H](C)OC(=O)[C@H](CCCCN)NC(C)=O)C(=O)O)=CC[C@@]4(O)[C@@H](C2)C(C)CC[C@]314. The number of carboxylic acid groups (broad SMARTS) is 1. The fraction of sp³-hybridized carbons (Fsp3) is 0.618. The molecule has 1 aromatic carbocycles. The third-order valence-corrected chi connectivity index (χ3v) is 10.3. The molecule has 2 bridgehead atoms. The Bertz CT molecular complexity index is 1510. The van der Waals surface area contributed by atoms with Crippen LogP contribution in [0.15, 0.2) is 24.0 Å². The minimum absolute atomic E-state index is 0.0518. The number of esters is 3. The summed E-state index contributed by atoms with van der Waals surface area (Å²) in [5.41, 5.74) is 5.35. The number of carbonyl (C=O) groups excluding carboxylic acids is 4. The van der Waals surface area contributed by atoms with Gasteiger partial charge in [-0.05, 0) is 88.0 Å². The van der Waals surface area contributed by atoms with Gasteiger partial charge in [0.1, 0.15) is 11.8 Å². The molecule has 0 radical (unpaired) electrons. The molecule has 3 aliphatic carbocycles. The number of aliphatic carboxylic acids is 1. The van der Waals surface area contributed by atoms with Crippen molar-refractivity contribution in [2.24, 2.45) is 17.6 Å². The van der Waals surface area contributed by atoms with E-state index in [1.807, 2.05) is 12.1 Å². The van der Waals surface area contributed by atoms with Gasteiger partial charge in [-0.1, -0.05) is 13.0 Å². The lowest BCUT2D eigenvalue weighted by atomic mass is 9.45. The molecule has 1 spiro atoms. The van der Waals surface area contributed by atoms with Crippen molar-refractivity contribution in [3.63, 3.8) is 0 Å². The lowest BCUT2D eigenvalue weighted by molar-refractivity contribution is -0.180. The lowest BCUT2D eigenvalue weighted by Gasteiger charge is -2.61. The maximum Gasteiger partial charge on any atom is 0.348 e. The van der Waals surface area contributed by atoms with Gasteiger partial charge in [0.05, 0.1) is 24.5 Å². The Morgan fingerprint density at radius 1 is 1.15 bits per heavy atom. The Hall–Kier alpha value is -4.17. The highest BCUT2D eigenvalue weighted by Crippen LogP contribution is 2.68. The van der Waals surface area contributed by atoms with Crippen molar-refractivity contribution in [2.75, 3.05) is 13.7 Å². The molecule has 1 heterocycles. The van der Waals surface area contributed by atoms with E-state index >= 15 is 0 Å². The van der Waals surface area contributed by atoms with Crippen LogP contribution in [0.25, 0.3) is 0 Å². The van der Waals surface area contributed by atoms with Gasteiger partial charge in [-0.25, -0.2) is 14.4 Å². The quantitative estimate of drug-likeness (QED) is 0.126. The molecule has 14 nitrogen and oxygen atoms in total. The highest BCUT2D eigenvalue weighted by Gasteiger charge is 2.72. The monoisotopic (exact) mass is 672 g/mol. The second-order valence-electron chi connectivity index (χ2n) is 13.2. The van der Waals surface area contributed by atoms with Crippen molar-refractivity contribution in [3.05, 3.63) is 35.1 Å². The van der Waals surface area contributed by atoms with Gasteiger partial charge in [-0.3, -0.25) is 9.59 Å². The third kappa shape index (κ3) is 6.11. The minimum atomic E-state index is -1.95. The summed E-state index contributed by atoms with van der Waals surface area (Å²) in [4.78, 5) is 62.3. The molecule has 8 atom stereocenters. The van der Waals surface area contributed by atoms with E-state index in [9.17, 15) is 34.2 Å². The largest absolute Gasteiger partial charge is 0.493 e. The molecule has 14 heteroatoms. The first-order valence-corrected chi connectivity index (χ1v) is 16.4. The Balaban J connectivity index is 1.28. The van der Waals surface area contributed by atoms with E-state index in [1.54, 1.807) is 6.08 Å². The molecule has 1 fully saturated rings. The van der Waals surface area contributed by atoms with Crippen LogP contribution >= 0.6 is 0 Å². The van der Waals surface area contributed by atoms with Crippen LogP contribution in [0.5, 0.6) is 11.5 Å². The zero-order chi connectivity index (χ0) is 35.0. The first-order valence-electron chi connectivity index (χ1n) is 16.4. The predicted molar refractivity (Wildman–Crippen MR) is 167 cm³/mol. The zero-order valence-corrected chi connectivity index (χ0v) is 27.6. The molecule has 5 rings (SSSR count). The third-order valence-electron chi connectivity index (χ3n) is 10.3. The number of methoxy groups -OCH3 is 1. The van der Waals surface area contributed by atoms with E-state index in [-0.39, 0.29) is 30.4 Å². The van der Waals surface area contributed by atoms with Gasteiger partial charge in [0.15, 0.2) is 23.7 Å². The molecule has 262 valence electrons. The van der Waals surface area contributed by atoms with Crippen LogP contribution < -0.4 is 20.5 Å². The van der Waals surface area contributed by atoms with Gasteiger partial charge in [0, 0.05) is 12.5 Å². The van der Waals surface area contributed by atoms with Crippen molar-refractivity contribution in [1.29, 1.82) is 0 Å². The summed E-state index contributed by atoms with van der Waals surface area (Å²) in [6.45, 7) is 4.94. The lowest BCUT2D eigenvalue weighted by Crippen LogP contribution is -2.69. The molecular weight excluding hydrogens is 628 g/mol.